The lowest BCUT2D eigenvalue weighted by molar-refractivity contribution is -0.325. The molecule has 0 spiro atoms. The second kappa shape index (κ2) is 7.72. The number of aliphatic hydroxyl groups excluding tert-OH is 3. The zero-order valence-corrected chi connectivity index (χ0v) is 16.3. The van der Waals surface area contributed by atoms with Gasteiger partial charge in [-0.25, -0.2) is 0 Å². The quantitative estimate of drug-likeness (QED) is 0.629. The molecular formula is C21H34O5. The van der Waals surface area contributed by atoms with Crippen molar-refractivity contribution in [2.45, 2.75) is 58.3 Å². The van der Waals surface area contributed by atoms with E-state index in [9.17, 15) is 15.3 Å². The van der Waals surface area contributed by atoms with Crippen LogP contribution in [0, 0.1) is 22.7 Å². The molecule has 0 aromatic rings. The summed E-state index contributed by atoms with van der Waals surface area (Å²) in [5, 5.41) is 30.0. The predicted molar refractivity (Wildman–Crippen MR) is 99.4 cm³/mol. The van der Waals surface area contributed by atoms with Crippen molar-refractivity contribution in [1.82, 2.24) is 0 Å². The van der Waals surface area contributed by atoms with Gasteiger partial charge in [0.25, 0.3) is 0 Å². The first kappa shape index (κ1) is 20.0. The molecule has 3 rings (SSSR count). The van der Waals surface area contributed by atoms with Gasteiger partial charge in [-0.15, -0.1) is 0 Å². The van der Waals surface area contributed by atoms with Crippen molar-refractivity contribution in [3.05, 3.63) is 23.3 Å². The maximum absolute atomic E-state index is 11.2. The van der Waals surface area contributed by atoms with Crippen LogP contribution in [0.5, 0.6) is 0 Å². The normalized spacial score (nSPS) is 43.0. The molecule has 5 nitrogen and oxygen atoms in total. The molecule has 5 heteroatoms. The van der Waals surface area contributed by atoms with Gasteiger partial charge in [-0.2, -0.15) is 0 Å². The topological polar surface area (TPSA) is 79.2 Å². The van der Waals surface area contributed by atoms with Crippen LogP contribution in [0.4, 0.5) is 0 Å². The minimum absolute atomic E-state index is 0.0239. The highest BCUT2D eigenvalue weighted by Crippen LogP contribution is 2.66. The Morgan fingerprint density at radius 3 is 2.85 bits per heavy atom. The Bertz CT molecular complexity index is 571. The van der Waals surface area contributed by atoms with Gasteiger partial charge < -0.3 is 24.8 Å². The Balaban J connectivity index is 2.00. The number of aliphatic hydroxyl groups is 3. The van der Waals surface area contributed by atoms with E-state index in [4.69, 9.17) is 9.47 Å². The van der Waals surface area contributed by atoms with Crippen LogP contribution in [-0.4, -0.2) is 54.6 Å². The van der Waals surface area contributed by atoms with Gasteiger partial charge in [-0.3, -0.25) is 0 Å². The number of ether oxygens (including phenoxy) is 2. The average molecular weight is 366 g/mol. The Labute approximate surface area is 156 Å². The van der Waals surface area contributed by atoms with Gasteiger partial charge in [0, 0.05) is 12.5 Å². The van der Waals surface area contributed by atoms with Crippen molar-refractivity contribution in [3.8, 4) is 0 Å². The highest BCUT2D eigenvalue weighted by atomic mass is 16.7. The highest BCUT2D eigenvalue weighted by molar-refractivity contribution is 5.28. The van der Waals surface area contributed by atoms with Gasteiger partial charge in [0.1, 0.15) is 0 Å². The van der Waals surface area contributed by atoms with E-state index >= 15 is 0 Å². The van der Waals surface area contributed by atoms with E-state index in [1.54, 1.807) is 13.2 Å². The summed E-state index contributed by atoms with van der Waals surface area (Å²) in [5.41, 5.74) is 1.55. The fourth-order valence-electron chi connectivity index (χ4n) is 6.17. The first-order valence-corrected chi connectivity index (χ1v) is 9.86. The molecule has 148 valence electrons. The highest BCUT2D eigenvalue weighted by Gasteiger charge is 2.67. The van der Waals surface area contributed by atoms with Crippen LogP contribution in [0.25, 0.3) is 0 Å². The Kier molecular flexibility index (Phi) is 5.95. The van der Waals surface area contributed by atoms with Crippen molar-refractivity contribution in [2.75, 3.05) is 26.9 Å². The van der Waals surface area contributed by atoms with Gasteiger partial charge in [-0.1, -0.05) is 24.6 Å². The SMILES string of the molecule is CO[C@@H]1OC[C@]2(CC/C(=C/CO)CO)[C@H](C)C[C@H](O)[C@]13C(C)=CCC[C@H]23. The number of rotatable bonds is 6. The van der Waals surface area contributed by atoms with Crippen molar-refractivity contribution >= 4 is 0 Å². The zero-order valence-electron chi connectivity index (χ0n) is 16.3. The van der Waals surface area contributed by atoms with E-state index in [2.05, 4.69) is 19.9 Å². The molecule has 1 aliphatic heterocycles. The van der Waals surface area contributed by atoms with E-state index in [1.807, 2.05) is 0 Å². The van der Waals surface area contributed by atoms with Gasteiger partial charge >= 0.3 is 0 Å². The number of hydrogen-bond donors (Lipinski definition) is 3. The molecule has 1 heterocycles. The third-order valence-corrected chi connectivity index (χ3v) is 7.57. The standard InChI is InChI=1S/C21H34O5/c1-14-5-4-6-17-20(9-7-16(12-23)8-10-22)13-26-19(25-3)21(14,17)18(24)11-15(20)2/h5,8,15,17-19,22-24H,4,6-7,9-13H2,1-3H3/b16-8-/t15-,17-,18+,19-,20-,21-/m1/s1. The molecule has 2 aliphatic carbocycles. The number of methoxy groups -OCH3 is 1. The summed E-state index contributed by atoms with van der Waals surface area (Å²) in [5.74, 6) is 0.625. The van der Waals surface area contributed by atoms with Crippen molar-refractivity contribution < 1.29 is 24.8 Å². The minimum Gasteiger partial charge on any atom is -0.392 e. The molecular weight excluding hydrogens is 332 g/mol. The summed E-state index contributed by atoms with van der Waals surface area (Å²) in [6.45, 7) is 4.89. The molecule has 0 radical (unpaired) electrons. The maximum Gasteiger partial charge on any atom is 0.169 e. The van der Waals surface area contributed by atoms with Crippen LogP contribution in [0.1, 0.15) is 46.0 Å². The summed E-state index contributed by atoms with van der Waals surface area (Å²) in [4.78, 5) is 0. The van der Waals surface area contributed by atoms with E-state index < -0.39 is 17.8 Å². The second-order valence-electron chi connectivity index (χ2n) is 8.42. The Hall–Kier alpha value is -0.720. The zero-order chi connectivity index (χ0) is 18.9. The third kappa shape index (κ3) is 2.80. The van der Waals surface area contributed by atoms with Crippen LogP contribution in [0.2, 0.25) is 0 Å². The lowest BCUT2D eigenvalue weighted by Gasteiger charge is -2.66. The third-order valence-electron chi connectivity index (χ3n) is 7.57. The fraction of sp³-hybridized carbons (Fsp3) is 0.810. The van der Waals surface area contributed by atoms with Crippen molar-refractivity contribution in [2.24, 2.45) is 22.7 Å². The maximum atomic E-state index is 11.2. The lowest BCUT2D eigenvalue weighted by Crippen LogP contribution is -2.69. The van der Waals surface area contributed by atoms with Gasteiger partial charge in [0.15, 0.2) is 6.29 Å². The summed E-state index contributed by atoms with van der Waals surface area (Å²) >= 11 is 0. The molecule has 2 fully saturated rings. The summed E-state index contributed by atoms with van der Waals surface area (Å²) in [6.07, 6.45) is 7.49. The van der Waals surface area contributed by atoms with E-state index in [-0.39, 0.29) is 18.6 Å². The first-order valence-electron chi connectivity index (χ1n) is 9.86. The molecule has 1 saturated heterocycles. The average Bonchev–Trinajstić information content (AvgIpc) is 2.63. The summed E-state index contributed by atoms with van der Waals surface area (Å²) in [7, 11) is 1.67. The molecule has 0 amide bonds. The molecule has 26 heavy (non-hydrogen) atoms. The molecule has 1 saturated carbocycles. The van der Waals surface area contributed by atoms with Crippen molar-refractivity contribution in [1.29, 1.82) is 0 Å². The van der Waals surface area contributed by atoms with E-state index in [1.165, 1.54) is 5.57 Å². The smallest absolute Gasteiger partial charge is 0.169 e. The Morgan fingerprint density at radius 1 is 1.42 bits per heavy atom. The van der Waals surface area contributed by atoms with Crippen molar-refractivity contribution in [3.63, 3.8) is 0 Å². The van der Waals surface area contributed by atoms with Crippen LogP contribution in [-0.2, 0) is 9.47 Å². The van der Waals surface area contributed by atoms with Crippen LogP contribution in [0.15, 0.2) is 23.3 Å². The molecule has 0 aromatic carbocycles. The lowest BCUT2D eigenvalue weighted by atomic mass is 9.43. The van der Waals surface area contributed by atoms with Gasteiger partial charge in [-0.05, 0) is 56.4 Å². The molecule has 6 atom stereocenters. The Morgan fingerprint density at radius 2 is 2.19 bits per heavy atom. The van der Waals surface area contributed by atoms with E-state index in [0.717, 1.165) is 37.7 Å². The minimum atomic E-state index is -0.474. The van der Waals surface area contributed by atoms with Crippen LogP contribution < -0.4 is 0 Å². The molecule has 0 aromatic heterocycles. The van der Waals surface area contributed by atoms with Gasteiger partial charge in [0.05, 0.1) is 31.3 Å². The molecule has 3 N–H and O–H groups in total. The number of hydrogen-bond acceptors (Lipinski definition) is 5. The first-order chi connectivity index (χ1) is 12.5. The van der Waals surface area contributed by atoms with Gasteiger partial charge in [0.2, 0.25) is 0 Å². The summed E-state index contributed by atoms with van der Waals surface area (Å²) in [6, 6.07) is 0. The fourth-order valence-corrected chi connectivity index (χ4v) is 6.17. The number of allylic oxidation sites excluding steroid dienone is 1. The molecule has 2 bridgehead atoms. The van der Waals surface area contributed by atoms with Crippen LogP contribution >= 0.6 is 0 Å². The second-order valence-corrected chi connectivity index (χ2v) is 8.42. The molecule has 0 unspecified atom stereocenters. The molecule has 3 aliphatic rings. The summed E-state index contributed by atoms with van der Waals surface area (Å²) < 4.78 is 12.0. The monoisotopic (exact) mass is 366 g/mol. The van der Waals surface area contributed by atoms with E-state index in [0.29, 0.717) is 18.4 Å². The largest absolute Gasteiger partial charge is 0.392 e. The van der Waals surface area contributed by atoms with Crippen LogP contribution in [0.3, 0.4) is 0 Å². The predicted octanol–water partition coefficient (Wildman–Crippen LogP) is 2.41.